The first-order valence-electron chi connectivity index (χ1n) is 4.74. The van der Waals surface area contributed by atoms with Crippen molar-refractivity contribution in [2.24, 2.45) is 0 Å². The zero-order valence-electron chi connectivity index (χ0n) is 8.84. The summed E-state index contributed by atoms with van der Waals surface area (Å²) < 4.78 is 27.7. The van der Waals surface area contributed by atoms with Crippen molar-refractivity contribution in [3.05, 3.63) is 45.6 Å². The van der Waals surface area contributed by atoms with E-state index in [4.69, 9.17) is 0 Å². The Morgan fingerprint density at radius 3 is 2.44 bits per heavy atom. The molecule has 18 heavy (non-hydrogen) atoms. The molecule has 1 heterocycles. The van der Waals surface area contributed by atoms with Crippen LogP contribution >= 0.6 is 31.9 Å². The number of nitrogens with one attached hydrogen (secondary N) is 1. The fraction of sp³-hybridized carbons (Fsp3) is 0. The first-order valence-corrected chi connectivity index (χ1v) is 7.81. The lowest BCUT2D eigenvalue weighted by Gasteiger charge is -2.08. The molecule has 8 heteroatoms. The quantitative estimate of drug-likeness (QED) is 0.871. The van der Waals surface area contributed by atoms with Crippen LogP contribution in [0.1, 0.15) is 0 Å². The lowest BCUT2D eigenvalue weighted by atomic mass is 10.4. The van der Waals surface area contributed by atoms with Crippen molar-refractivity contribution in [1.29, 1.82) is 0 Å². The van der Waals surface area contributed by atoms with Crippen molar-refractivity contribution < 1.29 is 8.42 Å². The third-order valence-electron chi connectivity index (χ3n) is 1.97. The van der Waals surface area contributed by atoms with Gasteiger partial charge < -0.3 is 0 Å². The van der Waals surface area contributed by atoms with E-state index < -0.39 is 10.0 Å². The molecule has 1 aromatic heterocycles. The van der Waals surface area contributed by atoms with E-state index in [9.17, 15) is 8.42 Å². The van der Waals surface area contributed by atoms with Crippen LogP contribution in [0.15, 0.2) is 50.5 Å². The number of sulfonamides is 1. The Balaban J connectivity index is 2.40. The monoisotopic (exact) mass is 391 g/mol. The van der Waals surface area contributed by atoms with E-state index in [1.165, 1.54) is 18.5 Å². The average Bonchev–Trinajstić information content (AvgIpc) is 2.33. The van der Waals surface area contributed by atoms with Crippen LogP contribution < -0.4 is 4.72 Å². The molecule has 0 fully saturated rings. The summed E-state index contributed by atoms with van der Waals surface area (Å²) in [6, 6.07) is 6.48. The molecule has 5 nitrogen and oxygen atoms in total. The second-order valence-electron chi connectivity index (χ2n) is 3.25. The Morgan fingerprint density at radius 2 is 1.78 bits per heavy atom. The van der Waals surface area contributed by atoms with Crippen molar-refractivity contribution >= 4 is 47.8 Å². The summed E-state index contributed by atoms with van der Waals surface area (Å²) in [4.78, 5) is 7.74. The summed E-state index contributed by atoms with van der Waals surface area (Å²) in [6.45, 7) is 0. The molecule has 1 aromatic carbocycles. The Bertz CT molecular complexity index is 662. The minimum atomic E-state index is -3.72. The largest absolute Gasteiger partial charge is 0.265 e. The summed E-state index contributed by atoms with van der Waals surface area (Å²) in [5.74, 6) is 0.0318. The highest BCUT2D eigenvalue weighted by Crippen LogP contribution is 2.26. The smallest absolute Gasteiger partial charge is 0.247 e. The van der Waals surface area contributed by atoms with Crippen LogP contribution in [0.25, 0.3) is 0 Å². The fourth-order valence-electron chi connectivity index (χ4n) is 1.21. The summed E-state index contributed by atoms with van der Waals surface area (Å²) in [5, 5.41) is 0. The van der Waals surface area contributed by atoms with E-state index in [-0.39, 0.29) is 10.8 Å². The molecular formula is C10H7Br2N3O2S. The van der Waals surface area contributed by atoms with Gasteiger partial charge in [0.05, 0.1) is 0 Å². The number of nitrogens with zero attached hydrogens (tertiary/aromatic N) is 2. The van der Waals surface area contributed by atoms with Crippen LogP contribution in [0.2, 0.25) is 0 Å². The number of hydrogen-bond donors (Lipinski definition) is 1. The van der Waals surface area contributed by atoms with Crippen LogP contribution in [-0.4, -0.2) is 18.4 Å². The van der Waals surface area contributed by atoms with E-state index >= 15 is 0 Å². The van der Waals surface area contributed by atoms with E-state index in [2.05, 4.69) is 46.5 Å². The molecule has 0 aliphatic heterocycles. The van der Waals surface area contributed by atoms with Crippen molar-refractivity contribution in [2.75, 3.05) is 4.72 Å². The van der Waals surface area contributed by atoms with Crippen molar-refractivity contribution in [3.8, 4) is 0 Å². The molecule has 0 saturated heterocycles. The van der Waals surface area contributed by atoms with Crippen molar-refractivity contribution in [3.63, 3.8) is 0 Å². The van der Waals surface area contributed by atoms with Crippen LogP contribution in [-0.2, 0) is 10.0 Å². The Kier molecular flexibility index (Phi) is 3.98. The zero-order chi connectivity index (χ0) is 13.2. The second-order valence-corrected chi connectivity index (χ2v) is 6.67. The van der Waals surface area contributed by atoms with Gasteiger partial charge in [0.15, 0.2) is 0 Å². The van der Waals surface area contributed by atoms with Gasteiger partial charge in [0.25, 0.3) is 10.0 Å². The molecule has 0 unspecified atom stereocenters. The summed E-state index contributed by atoms with van der Waals surface area (Å²) >= 11 is 6.43. The Morgan fingerprint density at radius 1 is 1.11 bits per heavy atom. The summed E-state index contributed by atoms with van der Waals surface area (Å²) in [5.41, 5.74) is 0. The van der Waals surface area contributed by atoms with Crippen LogP contribution in [0.3, 0.4) is 0 Å². The number of hydrogen-bond acceptors (Lipinski definition) is 4. The molecule has 0 aliphatic carbocycles. The first kappa shape index (κ1) is 13.4. The third kappa shape index (κ3) is 3.06. The normalized spacial score (nSPS) is 11.2. The van der Waals surface area contributed by atoms with Crippen LogP contribution in [0.5, 0.6) is 0 Å². The van der Waals surface area contributed by atoms with Gasteiger partial charge in [-0.3, -0.25) is 0 Å². The highest BCUT2D eigenvalue weighted by Gasteiger charge is 2.19. The van der Waals surface area contributed by atoms with Crippen LogP contribution in [0, 0.1) is 0 Å². The predicted molar refractivity (Wildman–Crippen MR) is 74.7 cm³/mol. The molecule has 0 saturated carbocycles. The molecule has 0 radical (unpaired) electrons. The molecule has 94 valence electrons. The van der Waals surface area contributed by atoms with Gasteiger partial charge in [-0.25, -0.2) is 23.1 Å². The SMILES string of the molecule is O=S(=O)(Nc1ncccn1)c1cc(Br)ccc1Br. The topological polar surface area (TPSA) is 72.0 Å². The van der Waals surface area contributed by atoms with E-state index in [1.807, 2.05) is 0 Å². The maximum atomic E-state index is 12.1. The van der Waals surface area contributed by atoms with E-state index in [1.54, 1.807) is 18.2 Å². The molecule has 0 aliphatic rings. The standard InChI is InChI=1S/C10H7Br2N3O2S/c11-7-2-3-8(12)9(6-7)18(16,17)15-10-13-4-1-5-14-10/h1-6H,(H,13,14,15). The van der Waals surface area contributed by atoms with E-state index in [0.29, 0.717) is 8.95 Å². The van der Waals surface area contributed by atoms with Gasteiger partial charge in [0.1, 0.15) is 4.90 Å². The van der Waals surface area contributed by atoms with Gasteiger partial charge in [0, 0.05) is 21.3 Å². The van der Waals surface area contributed by atoms with Gasteiger partial charge in [-0.1, -0.05) is 15.9 Å². The number of anilines is 1. The fourth-order valence-corrected chi connectivity index (χ4v) is 3.67. The van der Waals surface area contributed by atoms with Gasteiger partial charge in [-0.05, 0) is 40.2 Å². The first-order chi connectivity index (χ1) is 8.49. The average molecular weight is 393 g/mol. The second kappa shape index (κ2) is 5.33. The summed E-state index contributed by atoms with van der Waals surface area (Å²) in [7, 11) is -3.72. The molecular weight excluding hydrogens is 386 g/mol. The molecule has 0 atom stereocenters. The maximum Gasteiger partial charge on any atom is 0.265 e. The van der Waals surface area contributed by atoms with Gasteiger partial charge in [-0.2, -0.15) is 0 Å². The number of halogens is 2. The number of aromatic nitrogens is 2. The van der Waals surface area contributed by atoms with Gasteiger partial charge in [0.2, 0.25) is 5.95 Å². The Hall–Kier alpha value is -0.990. The molecule has 1 N–H and O–H groups in total. The van der Waals surface area contributed by atoms with Gasteiger partial charge >= 0.3 is 0 Å². The molecule has 0 bridgehead atoms. The predicted octanol–water partition coefficient (Wildman–Crippen LogP) is 2.80. The van der Waals surface area contributed by atoms with Crippen molar-refractivity contribution in [1.82, 2.24) is 9.97 Å². The minimum Gasteiger partial charge on any atom is -0.247 e. The minimum absolute atomic E-state index is 0.0318. The highest BCUT2D eigenvalue weighted by molar-refractivity contribution is 9.11. The number of benzene rings is 1. The zero-order valence-corrected chi connectivity index (χ0v) is 12.8. The third-order valence-corrected chi connectivity index (χ3v) is 4.79. The van der Waals surface area contributed by atoms with Gasteiger partial charge in [-0.15, -0.1) is 0 Å². The van der Waals surface area contributed by atoms with Crippen LogP contribution in [0.4, 0.5) is 5.95 Å². The maximum absolute atomic E-state index is 12.1. The molecule has 0 spiro atoms. The molecule has 2 aromatic rings. The Labute approximate surface area is 121 Å². The molecule has 2 rings (SSSR count). The lowest BCUT2D eigenvalue weighted by molar-refractivity contribution is 0.600. The summed E-state index contributed by atoms with van der Waals surface area (Å²) in [6.07, 6.45) is 2.92. The lowest BCUT2D eigenvalue weighted by Crippen LogP contribution is -2.15. The van der Waals surface area contributed by atoms with Crippen molar-refractivity contribution in [2.45, 2.75) is 4.90 Å². The van der Waals surface area contributed by atoms with E-state index in [0.717, 1.165) is 0 Å². The number of rotatable bonds is 3. The highest BCUT2D eigenvalue weighted by atomic mass is 79.9. The molecule has 0 amide bonds.